The molecule has 9 heteroatoms. The van der Waals surface area contributed by atoms with Gasteiger partial charge < -0.3 is 10.2 Å². The second kappa shape index (κ2) is 6.76. The summed E-state index contributed by atoms with van der Waals surface area (Å²) in [5.74, 6) is 0.00957. The number of hydrogen-bond acceptors (Lipinski definition) is 5. The monoisotopic (exact) mass is 356 g/mol. The Labute approximate surface area is 140 Å². The van der Waals surface area contributed by atoms with Crippen LogP contribution in [-0.2, 0) is 6.18 Å². The average Bonchev–Trinajstić information content (AvgIpc) is 3.22. The van der Waals surface area contributed by atoms with Gasteiger partial charge in [-0.05, 0) is 25.0 Å². The first-order valence-electron chi connectivity index (χ1n) is 7.43. The number of hydrogen-bond donors (Lipinski definition) is 1. The smallest absolute Gasteiger partial charge is 0.350 e. The highest BCUT2D eigenvalue weighted by Gasteiger charge is 2.36. The van der Waals surface area contributed by atoms with E-state index in [1.165, 1.54) is 5.38 Å². The minimum Gasteiger partial charge on any atom is -0.350 e. The molecule has 5 nitrogen and oxygen atoms in total. The summed E-state index contributed by atoms with van der Waals surface area (Å²) in [6.07, 6.45) is -1.17. The summed E-state index contributed by atoms with van der Waals surface area (Å²) in [5, 5.41) is 12.7. The first kappa shape index (κ1) is 16.7. The molecular formula is C15H15F3N4OS. The van der Waals surface area contributed by atoms with Gasteiger partial charge in [0.25, 0.3) is 5.91 Å². The van der Waals surface area contributed by atoms with Crippen LogP contribution < -0.4 is 10.2 Å². The quantitative estimate of drug-likeness (QED) is 0.915. The Hall–Kier alpha value is -2.16. The van der Waals surface area contributed by atoms with Gasteiger partial charge in [-0.2, -0.15) is 29.6 Å². The van der Waals surface area contributed by atoms with Crippen molar-refractivity contribution in [2.24, 2.45) is 0 Å². The molecule has 1 aliphatic rings. The minimum atomic E-state index is -4.52. The summed E-state index contributed by atoms with van der Waals surface area (Å²) in [4.78, 5) is 14.1. The molecule has 1 fully saturated rings. The Bertz CT molecular complexity index is 704. The van der Waals surface area contributed by atoms with Crippen LogP contribution in [0.1, 0.15) is 28.8 Å². The third-order valence-corrected chi connectivity index (χ3v) is 4.68. The van der Waals surface area contributed by atoms with Crippen LogP contribution in [0.5, 0.6) is 0 Å². The zero-order valence-electron chi connectivity index (χ0n) is 12.6. The Balaban J connectivity index is 1.65. The molecule has 1 aliphatic heterocycles. The molecule has 0 aromatic carbocycles. The molecule has 3 rings (SSSR count). The molecule has 1 N–H and O–H groups in total. The lowest BCUT2D eigenvalue weighted by Crippen LogP contribution is -2.40. The Morgan fingerprint density at radius 3 is 2.96 bits per heavy atom. The fraction of sp³-hybridized carbons (Fsp3) is 0.400. The van der Waals surface area contributed by atoms with Crippen molar-refractivity contribution in [2.75, 3.05) is 18.0 Å². The van der Waals surface area contributed by atoms with Crippen molar-refractivity contribution in [3.05, 3.63) is 40.2 Å². The van der Waals surface area contributed by atoms with Gasteiger partial charge in [-0.15, -0.1) is 5.10 Å². The number of anilines is 1. The molecule has 2 aromatic heterocycles. The number of nitrogens with zero attached hydrogens (tertiary/aromatic N) is 3. The first-order valence-corrected chi connectivity index (χ1v) is 8.37. The number of rotatable bonds is 4. The van der Waals surface area contributed by atoms with E-state index >= 15 is 0 Å². The third-order valence-electron chi connectivity index (χ3n) is 3.94. The predicted octanol–water partition coefficient (Wildman–Crippen LogP) is 2.96. The van der Waals surface area contributed by atoms with Crippen LogP contribution in [0.3, 0.4) is 0 Å². The molecule has 0 spiro atoms. The maximum Gasteiger partial charge on any atom is 0.417 e. The van der Waals surface area contributed by atoms with E-state index in [1.807, 2.05) is 11.0 Å². The van der Waals surface area contributed by atoms with Gasteiger partial charge in [0.1, 0.15) is 0 Å². The Kier molecular flexibility index (Phi) is 4.70. The van der Waals surface area contributed by atoms with Gasteiger partial charge in [0.05, 0.1) is 11.1 Å². The molecule has 128 valence electrons. The van der Waals surface area contributed by atoms with Gasteiger partial charge in [0.2, 0.25) is 0 Å². The van der Waals surface area contributed by atoms with Gasteiger partial charge in [-0.25, -0.2) is 0 Å². The molecule has 1 amide bonds. The number of carbonyl (C=O) groups is 1. The lowest BCUT2D eigenvalue weighted by atomic mass is 10.1. The summed E-state index contributed by atoms with van der Waals surface area (Å²) in [5.41, 5.74) is -1.21. The number of thiophene rings is 1. The fourth-order valence-electron chi connectivity index (χ4n) is 2.79. The van der Waals surface area contributed by atoms with Crippen molar-refractivity contribution in [2.45, 2.75) is 25.1 Å². The van der Waals surface area contributed by atoms with Gasteiger partial charge in [-0.3, -0.25) is 4.79 Å². The molecule has 0 radical (unpaired) electrons. The van der Waals surface area contributed by atoms with Crippen molar-refractivity contribution in [3.8, 4) is 0 Å². The number of halogens is 3. The highest BCUT2D eigenvalue weighted by Crippen LogP contribution is 2.34. The molecule has 1 unspecified atom stereocenters. The van der Waals surface area contributed by atoms with E-state index < -0.39 is 17.6 Å². The van der Waals surface area contributed by atoms with Crippen molar-refractivity contribution in [1.82, 2.24) is 15.5 Å². The lowest BCUT2D eigenvalue weighted by Gasteiger charge is -2.25. The minimum absolute atomic E-state index is 0.00128. The molecule has 24 heavy (non-hydrogen) atoms. The molecular weight excluding hydrogens is 341 g/mol. The van der Waals surface area contributed by atoms with Crippen molar-refractivity contribution >= 4 is 23.1 Å². The van der Waals surface area contributed by atoms with Crippen molar-refractivity contribution in [1.29, 1.82) is 0 Å². The summed E-state index contributed by atoms with van der Waals surface area (Å²) < 4.78 is 38.6. The second-order valence-electron chi connectivity index (χ2n) is 5.48. The topological polar surface area (TPSA) is 58.1 Å². The highest BCUT2D eigenvalue weighted by atomic mass is 32.1. The Morgan fingerprint density at radius 2 is 2.25 bits per heavy atom. The molecule has 1 atom stereocenters. The van der Waals surface area contributed by atoms with E-state index in [1.54, 1.807) is 12.3 Å². The van der Waals surface area contributed by atoms with Gasteiger partial charge in [0, 0.05) is 36.1 Å². The average molecular weight is 356 g/mol. The summed E-state index contributed by atoms with van der Waals surface area (Å²) in [6.45, 7) is 1.05. The predicted molar refractivity (Wildman–Crippen MR) is 84.1 cm³/mol. The van der Waals surface area contributed by atoms with Crippen LogP contribution in [0.25, 0.3) is 0 Å². The van der Waals surface area contributed by atoms with E-state index in [4.69, 9.17) is 0 Å². The SMILES string of the molecule is O=C(NCC1CCCN1c1cccnn1)c1cscc1C(F)(F)F. The van der Waals surface area contributed by atoms with Crippen LogP contribution >= 0.6 is 11.3 Å². The number of carbonyl (C=O) groups excluding carboxylic acids is 1. The number of amides is 1. The van der Waals surface area contributed by atoms with Crippen molar-refractivity contribution < 1.29 is 18.0 Å². The molecule has 1 saturated heterocycles. The maximum atomic E-state index is 12.9. The molecule has 3 heterocycles. The zero-order chi connectivity index (χ0) is 17.2. The normalized spacial score (nSPS) is 18.0. The molecule has 0 saturated carbocycles. The number of aromatic nitrogens is 2. The molecule has 2 aromatic rings. The standard InChI is InChI=1S/C15H15F3N4OS/c16-15(17,18)12-9-24-8-11(12)14(23)19-7-10-3-2-6-22(10)13-4-1-5-20-21-13/h1,4-5,8-10H,2-3,6-7H2,(H,19,23). The zero-order valence-corrected chi connectivity index (χ0v) is 13.4. The summed E-state index contributed by atoms with van der Waals surface area (Å²) >= 11 is 0.867. The second-order valence-corrected chi connectivity index (χ2v) is 6.22. The van der Waals surface area contributed by atoms with Crippen LogP contribution in [0.4, 0.5) is 19.0 Å². The van der Waals surface area contributed by atoms with Crippen molar-refractivity contribution in [3.63, 3.8) is 0 Å². The van der Waals surface area contributed by atoms with Crippen LogP contribution in [0, 0.1) is 0 Å². The van der Waals surface area contributed by atoms with Gasteiger partial charge in [0.15, 0.2) is 5.82 Å². The summed E-state index contributed by atoms with van der Waals surface area (Å²) in [7, 11) is 0. The fourth-order valence-corrected chi connectivity index (χ4v) is 3.63. The van der Waals surface area contributed by atoms with Gasteiger partial charge in [-0.1, -0.05) is 0 Å². The van der Waals surface area contributed by atoms with Crippen LogP contribution in [-0.4, -0.2) is 35.2 Å². The Morgan fingerprint density at radius 1 is 1.42 bits per heavy atom. The van der Waals surface area contributed by atoms with Gasteiger partial charge >= 0.3 is 6.18 Å². The summed E-state index contributed by atoms with van der Waals surface area (Å²) in [6, 6.07) is 3.60. The first-order chi connectivity index (χ1) is 11.5. The number of nitrogens with one attached hydrogen (secondary N) is 1. The lowest BCUT2D eigenvalue weighted by molar-refractivity contribution is -0.137. The molecule has 0 aliphatic carbocycles. The van der Waals surface area contributed by atoms with E-state index in [0.29, 0.717) is 5.82 Å². The highest BCUT2D eigenvalue weighted by molar-refractivity contribution is 7.08. The molecule has 0 bridgehead atoms. The van der Waals surface area contributed by atoms with E-state index in [9.17, 15) is 18.0 Å². The largest absolute Gasteiger partial charge is 0.417 e. The van der Waals surface area contributed by atoms with Crippen LogP contribution in [0.15, 0.2) is 29.1 Å². The maximum absolute atomic E-state index is 12.9. The van der Waals surface area contributed by atoms with E-state index in [0.717, 1.165) is 36.1 Å². The van der Waals surface area contributed by atoms with E-state index in [2.05, 4.69) is 15.5 Å². The number of alkyl halides is 3. The third kappa shape index (κ3) is 3.50. The van der Waals surface area contributed by atoms with E-state index in [-0.39, 0.29) is 18.2 Å². The van der Waals surface area contributed by atoms with Crippen LogP contribution in [0.2, 0.25) is 0 Å².